The molecule has 0 aromatic heterocycles. The van der Waals surface area contributed by atoms with Crippen LogP contribution in [-0.2, 0) is 0 Å². The third kappa shape index (κ3) is 3.82. The van der Waals surface area contributed by atoms with Crippen molar-refractivity contribution < 1.29 is 0 Å². The lowest BCUT2D eigenvalue weighted by Gasteiger charge is -2.32. The summed E-state index contributed by atoms with van der Waals surface area (Å²) < 4.78 is 0. The Balaban J connectivity index is 1.96. The van der Waals surface area contributed by atoms with Crippen molar-refractivity contribution in [1.82, 2.24) is 5.32 Å². The lowest BCUT2D eigenvalue weighted by molar-refractivity contribution is 0.374. The molecule has 3 atom stereocenters. The molecule has 2 rings (SSSR count). The maximum absolute atomic E-state index is 3.85. The van der Waals surface area contributed by atoms with Crippen LogP contribution in [0.1, 0.15) is 82.4 Å². The van der Waals surface area contributed by atoms with E-state index in [9.17, 15) is 0 Å². The molecule has 0 aliphatic heterocycles. The van der Waals surface area contributed by atoms with Crippen LogP contribution in [0.25, 0.3) is 0 Å². The fraction of sp³-hybridized carbons (Fsp3) is 0.667. The zero-order valence-electron chi connectivity index (χ0n) is 12.8. The van der Waals surface area contributed by atoms with Crippen LogP contribution in [0.15, 0.2) is 24.3 Å². The Bertz CT molecular complexity index is 385. The van der Waals surface area contributed by atoms with Crippen molar-refractivity contribution in [1.29, 1.82) is 0 Å². The molecule has 1 aromatic rings. The second kappa shape index (κ2) is 7.09. The molecule has 0 heterocycles. The van der Waals surface area contributed by atoms with Gasteiger partial charge in [-0.15, -0.1) is 0 Å². The maximum Gasteiger partial charge on any atom is 0.0325 e. The third-order valence-electron chi connectivity index (χ3n) is 4.52. The molecule has 0 saturated heterocycles. The summed E-state index contributed by atoms with van der Waals surface area (Å²) in [4.78, 5) is 0. The number of nitrogens with one attached hydrogen (secondary N) is 1. The zero-order valence-corrected chi connectivity index (χ0v) is 12.8. The highest BCUT2D eigenvalue weighted by Crippen LogP contribution is 2.37. The first-order valence-electron chi connectivity index (χ1n) is 8.07. The summed E-state index contributed by atoms with van der Waals surface area (Å²) in [6.45, 7) is 6.98. The number of unbranched alkanes of at least 4 members (excludes halogenated alkanes) is 2. The molecular formula is C18H29N. The monoisotopic (exact) mass is 259 g/mol. The molecule has 1 aromatic carbocycles. The van der Waals surface area contributed by atoms with Crippen LogP contribution in [0, 0.1) is 0 Å². The van der Waals surface area contributed by atoms with Gasteiger partial charge in [0, 0.05) is 12.1 Å². The van der Waals surface area contributed by atoms with E-state index in [1.54, 1.807) is 11.1 Å². The molecule has 1 N–H and O–H groups in total. The van der Waals surface area contributed by atoms with Crippen molar-refractivity contribution in [2.45, 2.75) is 77.3 Å². The zero-order chi connectivity index (χ0) is 13.7. The highest BCUT2D eigenvalue weighted by molar-refractivity contribution is 5.34. The first-order valence-corrected chi connectivity index (χ1v) is 8.07. The summed E-state index contributed by atoms with van der Waals surface area (Å²) in [5, 5.41) is 3.85. The molecule has 0 fully saturated rings. The molecule has 1 aliphatic rings. The topological polar surface area (TPSA) is 12.0 Å². The molecule has 106 valence electrons. The summed E-state index contributed by atoms with van der Waals surface area (Å²) in [5.74, 6) is 0.727. The van der Waals surface area contributed by atoms with Gasteiger partial charge in [-0.1, -0.05) is 57.4 Å². The largest absolute Gasteiger partial charge is 0.307 e. The Morgan fingerprint density at radius 1 is 1.16 bits per heavy atom. The van der Waals surface area contributed by atoms with E-state index in [0.29, 0.717) is 12.1 Å². The molecule has 3 unspecified atom stereocenters. The summed E-state index contributed by atoms with van der Waals surface area (Å²) in [6, 6.07) is 10.2. The van der Waals surface area contributed by atoms with E-state index in [1.165, 1.54) is 38.5 Å². The van der Waals surface area contributed by atoms with Gasteiger partial charge in [-0.2, -0.15) is 0 Å². The molecule has 0 amide bonds. The van der Waals surface area contributed by atoms with Crippen LogP contribution >= 0.6 is 0 Å². The van der Waals surface area contributed by atoms with Gasteiger partial charge in [-0.3, -0.25) is 0 Å². The van der Waals surface area contributed by atoms with Crippen molar-refractivity contribution in [3.63, 3.8) is 0 Å². The van der Waals surface area contributed by atoms with Crippen molar-refractivity contribution in [2.75, 3.05) is 0 Å². The average Bonchev–Trinajstić information content (AvgIpc) is 2.43. The number of rotatable bonds is 6. The summed E-state index contributed by atoms with van der Waals surface area (Å²) >= 11 is 0. The Morgan fingerprint density at radius 2 is 1.89 bits per heavy atom. The van der Waals surface area contributed by atoms with Gasteiger partial charge < -0.3 is 5.32 Å². The van der Waals surface area contributed by atoms with Crippen LogP contribution in [-0.4, -0.2) is 6.04 Å². The molecular weight excluding hydrogens is 230 g/mol. The van der Waals surface area contributed by atoms with Gasteiger partial charge in [0.1, 0.15) is 0 Å². The highest BCUT2D eigenvalue weighted by atomic mass is 14.9. The van der Waals surface area contributed by atoms with E-state index in [-0.39, 0.29) is 0 Å². The van der Waals surface area contributed by atoms with E-state index in [2.05, 4.69) is 50.4 Å². The molecule has 0 saturated carbocycles. The van der Waals surface area contributed by atoms with Crippen molar-refractivity contribution >= 4 is 0 Å². The normalized spacial score (nSPS) is 23.9. The highest BCUT2D eigenvalue weighted by Gasteiger charge is 2.24. The standard InChI is InChI=1S/C18H29N/c1-4-5-6-9-15(3)19-18-13-12-14(2)16-10-7-8-11-17(16)18/h7-8,10-11,14-15,18-19H,4-6,9,12-13H2,1-3H3. The second-order valence-corrected chi connectivity index (χ2v) is 6.22. The van der Waals surface area contributed by atoms with Gasteiger partial charge in [-0.05, 0) is 43.2 Å². The van der Waals surface area contributed by atoms with E-state index < -0.39 is 0 Å². The predicted molar refractivity (Wildman–Crippen MR) is 83.6 cm³/mol. The number of hydrogen-bond acceptors (Lipinski definition) is 1. The van der Waals surface area contributed by atoms with Gasteiger partial charge in [0.2, 0.25) is 0 Å². The molecule has 1 heteroatoms. The van der Waals surface area contributed by atoms with Crippen LogP contribution in [0.5, 0.6) is 0 Å². The number of hydrogen-bond donors (Lipinski definition) is 1. The van der Waals surface area contributed by atoms with Gasteiger partial charge in [-0.25, -0.2) is 0 Å². The Hall–Kier alpha value is -0.820. The van der Waals surface area contributed by atoms with E-state index >= 15 is 0 Å². The number of fused-ring (bicyclic) bond motifs is 1. The fourth-order valence-electron chi connectivity index (χ4n) is 3.31. The summed E-state index contributed by atoms with van der Waals surface area (Å²) in [5.41, 5.74) is 3.11. The first-order chi connectivity index (χ1) is 9.22. The molecule has 0 radical (unpaired) electrons. The van der Waals surface area contributed by atoms with Crippen molar-refractivity contribution in [3.05, 3.63) is 35.4 Å². The minimum atomic E-state index is 0.573. The Labute approximate surface area is 118 Å². The van der Waals surface area contributed by atoms with Gasteiger partial charge in [0.25, 0.3) is 0 Å². The fourth-order valence-corrected chi connectivity index (χ4v) is 3.31. The Kier molecular flexibility index (Phi) is 5.45. The van der Waals surface area contributed by atoms with Crippen LogP contribution in [0.3, 0.4) is 0 Å². The third-order valence-corrected chi connectivity index (χ3v) is 4.52. The van der Waals surface area contributed by atoms with Crippen molar-refractivity contribution in [3.8, 4) is 0 Å². The van der Waals surface area contributed by atoms with Gasteiger partial charge in [0.05, 0.1) is 0 Å². The molecule has 0 spiro atoms. The van der Waals surface area contributed by atoms with Crippen LogP contribution in [0.2, 0.25) is 0 Å². The minimum Gasteiger partial charge on any atom is -0.307 e. The van der Waals surface area contributed by atoms with Crippen LogP contribution in [0.4, 0.5) is 0 Å². The molecule has 1 nitrogen and oxygen atoms in total. The molecule has 0 bridgehead atoms. The first kappa shape index (κ1) is 14.6. The maximum atomic E-state index is 3.85. The summed E-state index contributed by atoms with van der Waals surface area (Å²) in [6.07, 6.45) is 7.95. The average molecular weight is 259 g/mol. The molecule has 19 heavy (non-hydrogen) atoms. The molecule has 1 aliphatic carbocycles. The van der Waals surface area contributed by atoms with Crippen LogP contribution < -0.4 is 5.32 Å². The van der Waals surface area contributed by atoms with E-state index in [0.717, 1.165) is 5.92 Å². The smallest absolute Gasteiger partial charge is 0.0325 e. The lowest BCUT2D eigenvalue weighted by atomic mass is 9.81. The van der Waals surface area contributed by atoms with E-state index in [1.807, 2.05) is 0 Å². The Morgan fingerprint density at radius 3 is 2.63 bits per heavy atom. The predicted octanol–water partition coefficient (Wildman–Crippen LogP) is 5.18. The second-order valence-electron chi connectivity index (χ2n) is 6.22. The van der Waals surface area contributed by atoms with Gasteiger partial charge in [0.15, 0.2) is 0 Å². The van der Waals surface area contributed by atoms with Gasteiger partial charge >= 0.3 is 0 Å². The van der Waals surface area contributed by atoms with E-state index in [4.69, 9.17) is 0 Å². The lowest BCUT2D eigenvalue weighted by Crippen LogP contribution is -2.33. The number of benzene rings is 1. The SMILES string of the molecule is CCCCCC(C)NC1CCC(C)c2ccccc21. The van der Waals surface area contributed by atoms with Crippen molar-refractivity contribution in [2.24, 2.45) is 0 Å². The quantitative estimate of drug-likeness (QED) is 0.694. The summed E-state index contributed by atoms with van der Waals surface area (Å²) in [7, 11) is 0. The minimum absolute atomic E-state index is 0.573.